The quantitative estimate of drug-likeness (QED) is 0.676. The molecule has 2 heterocycles. The third-order valence-corrected chi connectivity index (χ3v) is 3.67. The lowest BCUT2D eigenvalue weighted by atomic mass is 10.1. The topological polar surface area (TPSA) is 43.6 Å². The van der Waals surface area contributed by atoms with Gasteiger partial charge in [0.2, 0.25) is 0 Å². The van der Waals surface area contributed by atoms with Crippen molar-refractivity contribution >= 4 is 27.4 Å². The van der Waals surface area contributed by atoms with E-state index in [1.54, 1.807) is 17.5 Å². The van der Waals surface area contributed by atoms with E-state index < -0.39 is 5.97 Å². The summed E-state index contributed by atoms with van der Waals surface area (Å²) in [7, 11) is 0. The van der Waals surface area contributed by atoms with Crippen LogP contribution in [0.2, 0.25) is 0 Å². The molecule has 21 heavy (non-hydrogen) atoms. The average Bonchev–Trinajstić information content (AvgIpc) is 2.95. The molecule has 0 bridgehead atoms. The lowest BCUT2D eigenvalue weighted by molar-refractivity contribution is 0.0518. The molecule has 0 aliphatic heterocycles. The largest absolute Gasteiger partial charge is 0.461 e. The number of hydrogen-bond acceptors (Lipinski definition) is 3. The highest BCUT2D eigenvalue weighted by Gasteiger charge is 2.14. The van der Waals surface area contributed by atoms with Crippen LogP contribution in [0.5, 0.6) is 0 Å². The predicted octanol–water partition coefficient (Wildman–Crippen LogP) is 3.94. The minimum absolute atomic E-state index is 0.304. The van der Waals surface area contributed by atoms with Gasteiger partial charge in [0.15, 0.2) is 5.69 Å². The molecule has 0 atom stereocenters. The van der Waals surface area contributed by atoms with Crippen molar-refractivity contribution in [3.8, 4) is 11.1 Å². The van der Waals surface area contributed by atoms with Crippen LogP contribution in [0, 0.1) is 0 Å². The molecule has 3 rings (SSSR count). The number of fused-ring (bicyclic) bond motifs is 1. The van der Waals surface area contributed by atoms with Gasteiger partial charge in [0, 0.05) is 16.2 Å². The van der Waals surface area contributed by atoms with Gasteiger partial charge in [0.25, 0.3) is 0 Å². The van der Waals surface area contributed by atoms with Crippen LogP contribution in [0.15, 0.2) is 53.1 Å². The maximum Gasteiger partial charge on any atom is 0.358 e. The number of aromatic nitrogens is 2. The predicted molar refractivity (Wildman–Crippen MR) is 84.3 cm³/mol. The van der Waals surface area contributed by atoms with Gasteiger partial charge in [-0.1, -0.05) is 28.1 Å². The standard InChI is InChI=1S/C16H13BrN2O2/c1-2-21-16(20)14-10-13(11-5-7-12(17)8-6-11)15-4-3-9-19(15)18-14/h3-10H,2H2,1H3. The Labute approximate surface area is 130 Å². The summed E-state index contributed by atoms with van der Waals surface area (Å²) < 4.78 is 7.75. The highest BCUT2D eigenvalue weighted by molar-refractivity contribution is 9.10. The van der Waals surface area contributed by atoms with E-state index in [0.717, 1.165) is 21.1 Å². The minimum Gasteiger partial charge on any atom is -0.461 e. The van der Waals surface area contributed by atoms with Crippen molar-refractivity contribution in [2.45, 2.75) is 6.92 Å². The fourth-order valence-electron chi connectivity index (χ4n) is 2.19. The van der Waals surface area contributed by atoms with E-state index >= 15 is 0 Å². The molecule has 0 aliphatic rings. The van der Waals surface area contributed by atoms with Gasteiger partial charge in [-0.3, -0.25) is 0 Å². The van der Waals surface area contributed by atoms with Gasteiger partial charge in [-0.05, 0) is 42.8 Å². The fraction of sp³-hybridized carbons (Fsp3) is 0.125. The molecule has 0 spiro atoms. The number of rotatable bonds is 3. The number of halogens is 1. The second-order valence-electron chi connectivity index (χ2n) is 4.51. The van der Waals surface area contributed by atoms with Gasteiger partial charge >= 0.3 is 5.97 Å². The average molecular weight is 345 g/mol. The molecule has 0 unspecified atom stereocenters. The Balaban J connectivity index is 2.18. The Bertz CT molecular complexity index is 794. The zero-order valence-corrected chi connectivity index (χ0v) is 13.0. The van der Waals surface area contributed by atoms with Crippen LogP contribution in [0.3, 0.4) is 0 Å². The molecule has 106 valence electrons. The van der Waals surface area contributed by atoms with Crippen molar-refractivity contribution in [1.29, 1.82) is 0 Å². The van der Waals surface area contributed by atoms with Crippen LogP contribution in [-0.2, 0) is 4.74 Å². The van der Waals surface area contributed by atoms with Gasteiger partial charge in [0.05, 0.1) is 12.1 Å². The molecular weight excluding hydrogens is 332 g/mol. The monoisotopic (exact) mass is 344 g/mol. The van der Waals surface area contributed by atoms with E-state index in [0.29, 0.717) is 12.3 Å². The molecule has 0 aliphatic carbocycles. The van der Waals surface area contributed by atoms with Crippen LogP contribution < -0.4 is 0 Å². The molecular formula is C16H13BrN2O2. The van der Waals surface area contributed by atoms with E-state index in [1.807, 2.05) is 42.6 Å². The second kappa shape index (κ2) is 5.69. The maximum atomic E-state index is 11.9. The summed E-state index contributed by atoms with van der Waals surface area (Å²) in [4.78, 5) is 11.9. The number of carbonyl (C=O) groups excluding carboxylic acids is 1. The smallest absolute Gasteiger partial charge is 0.358 e. The minimum atomic E-state index is -0.411. The lowest BCUT2D eigenvalue weighted by Crippen LogP contribution is -2.10. The SMILES string of the molecule is CCOC(=O)c1cc(-c2ccc(Br)cc2)c2cccn2n1. The summed E-state index contributed by atoms with van der Waals surface area (Å²) in [5, 5.41) is 4.29. The first-order chi connectivity index (χ1) is 10.2. The van der Waals surface area contributed by atoms with Gasteiger partial charge < -0.3 is 4.74 Å². The van der Waals surface area contributed by atoms with E-state index in [9.17, 15) is 4.79 Å². The number of hydrogen-bond donors (Lipinski definition) is 0. The molecule has 4 nitrogen and oxygen atoms in total. The van der Waals surface area contributed by atoms with E-state index in [2.05, 4.69) is 21.0 Å². The van der Waals surface area contributed by atoms with Crippen molar-refractivity contribution < 1.29 is 9.53 Å². The van der Waals surface area contributed by atoms with Crippen LogP contribution >= 0.6 is 15.9 Å². The zero-order chi connectivity index (χ0) is 14.8. The molecule has 2 aromatic heterocycles. The molecule has 0 fully saturated rings. The lowest BCUT2D eigenvalue weighted by Gasteiger charge is -2.08. The number of benzene rings is 1. The molecule has 1 aromatic carbocycles. The van der Waals surface area contributed by atoms with Crippen LogP contribution in [0.25, 0.3) is 16.6 Å². The van der Waals surface area contributed by atoms with Gasteiger partial charge in [0.1, 0.15) is 0 Å². The zero-order valence-electron chi connectivity index (χ0n) is 11.4. The van der Waals surface area contributed by atoms with E-state index in [1.165, 1.54) is 0 Å². The highest BCUT2D eigenvalue weighted by Crippen LogP contribution is 2.27. The first-order valence-electron chi connectivity index (χ1n) is 6.60. The molecule has 3 aromatic rings. The molecule has 0 radical (unpaired) electrons. The number of nitrogens with zero attached hydrogens (tertiary/aromatic N) is 2. The van der Waals surface area contributed by atoms with Crippen molar-refractivity contribution in [3.63, 3.8) is 0 Å². The first kappa shape index (κ1) is 13.8. The maximum absolute atomic E-state index is 11.9. The summed E-state index contributed by atoms with van der Waals surface area (Å²) in [6.07, 6.45) is 1.82. The Hall–Kier alpha value is -2.14. The molecule has 5 heteroatoms. The Morgan fingerprint density at radius 2 is 2.05 bits per heavy atom. The Morgan fingerprint density at radius 1 is 1.29 bits per heavy atom. The summed E-state index contributed by atoms with van der Waals surface area (Å²) in [5.41, 5.74) is 3.23. The second-order valence-corrected chi connectivity index (χ2v) is 5.42. The van der Waals surface area contributed by atoms with Gasteiger partial charge in [-0.25, -0.2) is 9.31 Å². The molecule has 0 saturated carbocycles. The Kier molecular flexibility index (Phi) is 3.75. The number of esters is 1. The third-order valence-electron chi connectivity index (χ3n) is 3.14. The number of ether oxygens (including phenoxy) is 1. The van der Waals surface area contributed by atoms with Crippen molar-refractivity contribution in [2.75, 3.05) is 6.61 Å². The number of carbonyl (C=O) groups is 1. The summed E-state index contributed by atoms with van der Waals surface area (Å²) >= 11 is 3.43. The highest BCUT2D eigenvalue weighted by atomic mass is 79.9. The Morgan fingerprint density at radius 3 is 2.76 bits per heavy atom. The van der Waals surface area contributed by atoms with Crippen LogP contribution in [-0.4, -0.2) is 22.2 Å². The van der Waals surface area contributed by atoms with E-state index in [-0.39, 0.29) is 0 Å². The normalized spacial score (nSPS) is 10.8. The summed E-state index contributed by atoms with van der Waals surface area (Å²) in [6.45, 7) is 2.11. The molecule has 0 amide bonds. The van der Waals surface area contributed by atoms with Crippen molar-refractivity contribution in [1.82, 2.24) is 9.61 Å². The van der Waals surface area contributed by atoms with E-state index in [4.69, 9.17) is 4.74 Å². The van der Waals surface area contributed by atoms with Crippen molar-refractivity contribution in [3.05, 3.63) is 58.8 Å². The van der Waals surface area contributed by atoms with Gasteiger partial charge in [-0.2, -0.15) is 5.10 Å². The summed E-state index contributed by atoms with van der Waals surface area (Å²) in [5.74, 6) is -0.411. The summed E-state index contributed by atoms with van der Waals surface area (Å²) in [6, 6.07) is 13.6. The van der Waals surface area contributed by atoms with Gasteiger partial charge in [-0.15, -0.1) is 0 Å². The van der Waals surface area contributed by atoms with Crippen LogP contribution in [0.4, 0.5) is 0 Å². The van der Waals surface area contributed by atoms with Crippen LogP contribution in [0.1, 0.15) is 17.4 Å². The molecule has 0 saturated heterocycles. The molecule has 0 N–H and O–H groups in total. The third kappa shape index (κ3) is 2.69. The van der Waals surface area contributed by atoms with Crippen molar-refractivity contribution in [2.24, 2.45) is 0 Å². The first-order valence-corrected chi connectivity index (χ1v) is 7.40. The fourth-order valence-corrected chi connectivity index (χ4v) is 2.46.